The molecule has 0 bridgehead atoms. The van der Waals surface area contributed by atoms with Gasteiger partial charge >= 0.3 is 5.97 Å². The lowest BCUT2D eigenvalue weighted by atomic mass is 10.0. The Morgan fingerprint density at radius 2 is 1.75 bits per heavy atom. The number of carbonyl (C=O) groups is 2. The van der Waals surface area contributed by atoms with E-state index < -0.39 is 6.04 Å². The molecule has 0 saturated carbocycles. The van der Waals surface area contributed by atoms with Gasteiger partial charge in [-0.05, 0) is 31.0 Å². The Morgan fingerprint density at radius 3 is 2.50 bits per heavy atom. The van der Waals surface area contributed by atoms with Crippen LogP contribution >= 0.6 is 0 Å². The monoisotopic (exact) mass is 376 g/mol. The van der Waals surface area contributed by atoms with Gasteiger partial charge in [0.25, 0.3) is 0 Å². The van der Waals surface area contributed by atoms with Crippen molar-refractivity contribution < 1.29 is 14.3 Å². The minimum Gasteiger partial charge on any atom is -0.463 e. The molecule has 0 aliphatic rings. The molecular weight excluding hydrogens is 352 g/mol. The predicted molar refractivity (Wildman–Crippen MR) is 109 cm³/mol. The molecule has 1 N–H and O–H groups in total. The Hall–Kier alpha value is -3.21. The van der Waals surface area contributed by atoms with E-state index in [-0.39, 0.29) is 30.8 Å². The van der Waals surface area contributed by atoms with Crippen LogP contribution in [0.15, 0.2) is 66.9 Å². The van der Waals surface area contributed by atoms with E-state index in [1.807, 2.05) is 74.5 Å². The zero-order chi connectivity index (χ0) is 19.9. The van der Waals surface area contributed by atoms with Gasteiger partial charge in [-0.1, -0.05) is 54.6 Å². The van der Waals surface area contributed by atoms with Crippen LogP contribution in [0.4, 0.5) is 0 Å². The average molecular weight is 376 g/mol. The SMILES string of the molecule is CC(C)OC(=O)CC(NC(=O)Cc1cccc2cccnc12)c1ccccc1. The Balaban J connectivity index is 1.76. The number of benzene rings is 2. The molecule has 3 rings (SSSR count). The molecule has 0 radical (unpaired) electrons. The quantitative estimate of drug-likeness (QED) is 0.634. The van der Waals surface area contributed by atoms with Crippen molar-refractivity contribution in [1.82, 2.24) is 10.3 Å². The molecule has 0 aliphatic carbocycles. The molecule has 0 saturated heterocycles. The number of nitrogens with zero attached hydrogens (tertiary/aromatic N) is 1. The maximum atomic E-state index is 12.8. The van der Waals surface area contributed by atoms with Crippen LogP contribution < -0.4 is 5.32 Å². The maximum Gasteiger partial charge on any atom is 0.308 e. The highest BCUT2D eigenvalue weighted by molar-refractivity contribution is 5.88. The first-order chi connectivity index (χ1) is 13.5. The van der Waals surface area contributed by atoms with Crippen molar-refractivity contribution >= 4 is 22.8 Å². The van der Waals surface area contributed by atoms with E-state index in [4.69, 9.17) is 4.74 Å². The van der Waals surface area contributed by atoms with Gasteiger partial charge in [0.15, 0.2) is 0 Å². The van der Waals surface area contributed by atoms with Crippen molar-refractivity contribution in [1.29, 1.82) is 0 Å². The van der Waals surface area contributed by atoms with Crippen LogP contribution in [0, 0.1) is 0 Å². The zero-order valence-electron chi connectivity index (χ0n) is 16.1. The molecule has 0 fully saturated rings. The first-order valence-corrected chi connectivity index (χ1v) is 9.39. The second kappa shape index (κ2) is 9.13. The van der Waals surface area contributed by atoms with Gasteiger partial charge in [0.1, 0.15) is 0 Å². The van der Waals surface area contributed by atoms with Crippen molar-refractivity contribution in [2.75, 3.05) is 0 Å². The second-order valence-corrected chi connectivity index (χ2v) is 6.94. The van der Waals surface area contributed by atoms with Crippen LogP contribution in [0.25, 0.3) is 10.9 Å². The van der Waals surface area contributed by atoms with Gasteiger partial charge in [0.05, 0.1) is 30.5 Å². The topological polar surface area (TPSA) is 68.3 Å². The summed E-state index contributed by atoms with van der Waals surface area (Å²) in [5.41, 5.74) is 2.54. The number of nitrogens with one attached hydrogen (secondary N) is 1. The summed E-state index contributed by atoms with van der Waals surface area (Å²) in [6, 6.07) is 18.7. The summed E-state index contributed by atoms with van der Waals surface area (Å²) in [5.74, 6) is -0.500. The second-order valence-electron chi connectivity index (χ2n) is 6.94. The van der Waals surface area contributed by atoms with Gasteiger partial charge in [-0.2, -0.15) is 0 Å². The van der Waals surface area contributed by atoms with Gasteiger partial charge in [0.2, 0.25) is 5.91 Å². The van der Waals surface area contributed by atoms with Gasteiger partial charge in [-0.15, -0.1) is 0 Å². The van der Waals surface area contributed by atoms with E-state index in [0.717, 1.165) is 22.0 Å². The highest BCUT2D eigenvalue weighted by Crippen LogP contribution is 2.20. The molecule has 1 amide bonds. The molecule has 5 heteroatoms. The van der Waals surface area contributed by atoms with Crippen molar-refractivity contribution in [2.45, 2.75) is 38.8 Å². The molecule has 1 aromatic heterocycles. The third-order valence-corrected chi connectivity index (χ3v) is 4.34. The van der Waals surface area contributed by atoms with E-state index in [2.05, 4.69) is 10.3 Å². The van der Waals surface area contributed by atoms with Crippen LogP contribution in [0.1, 0.15) is 37.4 Å². The zero-order valence-corrected chi connectivity index (χ0v) is 16.1. The van der Waals surface area contributed by atoms with Crippen LogP contribution in [0.5, 0.6) is 0 Å². The molecule has 0 aliphatic heterocycles. The van der Waals surface area contributed by atoms with Gasteiger partial charge < -0.3 is 10.1 Å². The summed E-state index contributed by atoms with van der Waals surface area (Å²) in [7, 11) is 0. The van der Waals surface area contributed by atoms with E-state index >= 15 is 0 Å². The Bertz CT molecular complexity index is 949. The number of pyridine rings is 1. The van der Waals surface area contributed by atoms with Crippen LogP contribution in [-0.2, 0) is 20.7 Å². The van der Waals surface area contributed by atoms with Crippen LogP contribution in [-0.4, -0.2) is 23.0 Å². The van der Waals surface area contributed by atoms with Crippen molar-refractivity contribution in [3.63, 3.8) is 0 Å². The van der Waals surface area contributed by atoms with Crippen molar-refractivity contribution in [3.8, 4) is 0 Å². The molecular formula is C23H24N2O3. The Morgan fingerprint density at radius 1 is 1.00 bits per heavy atom. The van der Waals surface area contributed by atoms with Crippen molar-refractivity contribution in [2.24, 2.45) is 0 Å². The standard InChI is InChI=1S/C23H24N2O3/c1-16(2)28-22(27)15-20(17-8-4-3-5-9-17)25-21(26)14-19-11-6-10-18-12-7-13-24-23(18)19/h3-13,16,20H,14-15H2,1-2H3,(H,25,26). The fraction of sp³-hybridized carbons (Fsp3) is 0.261. The predicted octanol–water partition coefficient (Wildman–Crippen LogP) is 3.98. The molecule has 3 aromatic rings. The summed E-state index contributed by atoms with van der Waals surface area (Å²) in [6.45, 7) is 3.61. The summed E-state index contributed by atoms with van der Waals surface area (Å²) < 4.78 is 5.26. The lowest BCUT2D eigenvalue weighted by Gasteiger charge is -2.19. The Kier molecular flexibility index (Phi) is 6.37. The lowest BCUT2D eigenvalue weighted by molar-refractivity contribution is -0.148. The number of hydrogen-bond acceptors (Lipinski definition) is 4. The Labute approximate surface area is 164 Å². The third kappa shape index (κ3) is 5.16. The summed E-state index contributed by atoms with van der Waals surface area (Å²) in [4.78, 5) is 29.3. The number of aromatic nitrogens is 1. The van der Waals surface area contributed by atoms with Crippen LogP contribution in [0.2, 0.25) is 0 Å². The molecule has 1 unspecified atom stereocenters. The molecule has 1 heterocycles. The van der Waals surface area contributed by atoms with E-state index in [1.165, 1.54) is 0 Å². The number of ether oxygens (including phenoxy) is 1. The number of rotatable bonds is 7. The highest BCUT2D eigenvalue weighted by Gasteiger charge is 2.20. The van der Waals surface area contributed by atoms with Crippen LogP contribution in [0.3, 0.4) is 0 Å². The number of hydrogen-bond donors (Lipinski definition) is 1. The molecule has 5 nitrogen and oxygen atoms in total. The highest BCUT2D eigenvalue weighted by atomic mass is 16.5. The normalized spacial score (nSPS) is 12.0. The minimum absolute atomic E-state index is 0.0850. The van der Waals surface area contributed by atoms with E-state index in [0.29, 0.717) is 0 Å². The molecule has 0 spiro atoms. The fourth-order valence-electron chi connectivity index (χ4n) is 3.14. The first kappa shape index (κ1) is 19.5. The number of esters is 1. The molecule has 144 valence electrons. The largest absolute Gasteiger partial charge is 0.463 e. The third-order valence-electron chi connectivity index (χ3n) is 4.34. The average Bonchev–Trinajstić information content (AvgIpc) is 2.68. The van der Waals surface area contributed by atoms with E-state index in [1.54, 1.807) is 6.20 Å². The van der Waals surface area contributed by atoms with Gasteiger partial charge in [-0.25, -0.2) is 0 Å². The van der Waals surface area contributed by atoms with Gasteiger partial charge in [0, 0.05) is 11.6 Å². The fourth-order valence-corrected chi connectivity index (χ4v) is 3.14. The first-order valence-electron chi connectivity index (χ1n) is 9.39. The number of carbonyl (C=O) groups excluding carboxylic acids is 2. The lowest BCUT2D eigenvalue weighted by Crippen LogP contribution is -2.32. The molecule has 28 heavy (non-hydrogen) atoms. The minimum atomic E-state index is -0.442. The summed E-state index contributed by atoms with van der Waals surface area (Å²) in [5, 5.41) is 3.98. The maximum absolute atomic E-state index is 12.8. The molecule has 1 atom stereocenters. The van der Waals surface area contributed by atoms with Gasteiger partial charge in [-0.3, -0.25) is 14.6 Å². The summed E-state index contributed by atoms with van der Waals surface area (Å²) in [6.07, 6.45) is 1.80. The van der Waals surface area contributed by atoms with Crippen molar-refractivity contribution in [3.05, 3.63) is 78.0 Å². The summed E-state index contributed by atoms with van der Waals surface area (Å²) >= 11 is 0. The molecule has 2 aromatic carbocycles. The number of amides is 1. The number of fused-ring (bicyclic) bond motifs is 1. The number of para-hydroxylation sites is 1. The smallest absolute Gasteiger partial charge is 0.308 e. The van der Waals surface area contributed by atoms with E-state index in [9.17, 15) is 9.59 Å².